The average molecular weight is 206 g/mol. The molecule has 3 unspecified atom stereocenters. The minimum Gasteiger partial charge on any atom is -0.394 e. The van der Waals surface area contributed by atoms with Crippen LogP contribution in [-0.2, 0) is 4.74 Å². The van der Waals surface area contributed by atoms with Crippen LogP contribution in [0.1, 0.15) is 13.8 Å². The van der Waals surface area contributed by atoms with Crippen molar-refractivity contribution in [1.82, 2.24) is 0 Å². The highest BCUT2D eigenvalue weighted by atomic mass is 16.6. The third-order valence-electron chi connectivity index (χ3n) is 2.72. The lowest BCUT2D eigenvalue weighted by Gasteiger charge is -2.41. The number of hydrogen-bond acceptors (Lipinski definition) is 5. The van der Waals surface area contributed by atoms with E-state index in [1.54, 1.807) is 0 Å². The van der Waals surface area contributed by atoms with Gasteiger partial charge in [0.25, 0.3) is 0 Å². The molecule has 0 saturated carbocycles. The van der Waals surface area contributed by atoms with Gasteiger partial charge in [0.1, 0.15) is 12.2 Å². The lowest BCUT2D eigenvalue weighted by atomic mass is 9.83. The fourth-order valence-electron chi connectivity index (χ4n) is 1.84. The van der Waals surface area contributed by atoms with Crippen LogP contribution < -0.4 is 0 Å². The first-order chi connectivity index (χ1) is 6.49. The predicted molar refractivity (Wildman–Crippen MR) is 48.3 cm³/mol. The largest absolute Gasteiger partial charge is 0.394 e. The molecular weight excluding hydrogens is 188 g/mol. The fraction of sp³-hybridized carbons (Fsp3) is 1.00. The summed E-state index contributed by atoms with van der Waals surface area (Å²) in [5.41, 5.74) is 0. The van der Waals surface area contributed by atoms with Crippen LogP contribution in [0.25, 0.3) is 0 Å². The molecule has 1 saturated heterocycles. The molecule has 0 aromatic rings. The summed E-state index contributed by atoms with van der Waals surface area (Å²) in [7, 11) is 0. The van der Waals surface area contributed by atoms with Gasteiger partial charge in [0.15, 0.2) is 6.29 Å². The third kappa shape index (κ3) is 2.07. The van der Waals surface area contributed by atoms with Crippen molar-refractivity contribution in [1.29, 1.82) is 0 Å². The highest BCUT2D eigenvalue weighted by molar-refractivity contribution is 4.89. The Morgan fingerprint density at radius 1 is 1.14 bits per heavy atom. The van der Waals surface area contributed by atoms with Gasteiger partial charge in [0, 0.05) is 5.92 Å². The van der Waals surface area contributed by atoms with Crippen molar-refractivity contribution in [3.8, 4) is 0 Å². The molecule has 0 aromatic heterocycles. The third-order valence-corrected chi connectivity index (χ3v) is 2.72. The van der Waals surface area contributed by atoms with Crippen molar-refractivity contribution < 1.29 is 25.2 Å². The van der Waals surface area contributed by atoms with Crippen LogP contribution in [0.5, 0.6) is 0 Å². The van der Waals surface area contributed by atoms with Crippen LogP contribution in [0, 0.1) is 11.8 Å². The summed E-state index contributed by atoms with van der Waals surface area (Å²) in [6, 6.07) is 0. The summed E-state index contributed by atoms with van der Waals surface area (Å²) in [6.45, 7) is 3.24. The van der Waals surface area contributed by atoms with Crippen molar-refractivity contribution in [3.05, 3.63) is 0 Å². The minimum atomic E-state index is -1.14. The Hall–Kier alpha value is -0.200. The lowest BCUT2D eigenvalue weighted by Crippen LogP contribution is -2.56. The number of aliphatic hydroxyl groups is 4. The summed E-state index contributed by atoms with van der Waals surface area (Å²) in [5, 5.41) is 37.5. The zero-order valence-electron chi connectivity index (χ0n) is 8.37. The van der Waals surface area contributed by atoms with Crippen LogP contribution in [0.2, 0.25) is 0 Å². The average Bonchev–Trinajstić information content (AvgIpc) is 2.10. The van der Waals surface area contributed by atoms with Gasteiger partial charge in [-0.3, -0.25) is 0 Å². The Balaban J connectivity index is 2.74. The van der Waals surface area contributed by atoms with Crippen LogP contribution in [0.4, 0.5) is 0 Å². The van der Waals surface area contributed by atoms with Gasteiger partial charge in [0.2, 0.25) is 0 Å². The summed E-state index contributed by atoms with van der Waals surface area (Å²) in [4.78, 5) is 0. The molecule has 0 spiro atoms. The smallest absolute Gasteiger partial charge is 0.160 e. The van der Waals surface area contributed by atoms with Crippen LogP contribution >= 0.6 is 0 Å². The molecule has 5 atom stereocenters. The van der Waals surface area contributed by atoms with Gasteiger partial charge in [-0.25, -0.2) is 0 Å². The van der Waals surface area contributed by atoms with Gasteiger partial charge in [-0.05, 0) is 5.92 Å². The van der Waals surface area contributed by atoms with Crippen LogP contribution in [0.15, 0.2) is 0 Å². The topological polar surface area (TPSA) is 90.2 Å². The van der Waals surface area contributed by atoms with E-state index in [1.807, 2.05) is 13.8 Å². The maximum Gasteiger partial charge on any atom is 0.160 e. The van der Waals surface area contributed by atoms with E-state index in [0.717, 1.165) is 0 Å². The monoisotopic (exact) mass is 206 g/mol. The Kier molecular flexibility index (Phi) is 3.86. The minimum absolute atomic E-state index is 0.00528. The number of aliphatic hydroxyl groups excluding tert-OH is 4. The van der Waals surface area contributed by atoms with E-state index in [-0.39, 0.29) is 5.92 Å². The number of hydrogen-bond donors (Lipinski definition) is 4. The molecule has 14 heavy (non-hydrogen) atoms. The van der Waals surface area contributed by atoms with Crippen LogP contribution in [0.3, 0.4) is 0 Å². The van der Waals surface area contributed by atoms with E-state index in [2.05, 4.69) is 0 Å². The Bertz CT molecular complexity index is 184. The molecule has 1 fully saturated rings. The Morgan fingerprint density at radius 2 is 1.71 bits per heavy atom. The molecule has 1 aliphatic heterocycles. The SMILES string of the molecule is CC(C)C1C(O)[C@H](O)C(CO)O[C@H]1O. The molecule has 0 radical (unpaired) electrons. The quantitative estimate of drug-likeness (QED) is 0.450. The number of rotatable bonds is 2. The van der Waals surface area contributed by atoms with Gasteiger partial charge >= 0.3 is 0 Å². The van der Waals surface area contributed by atoms with Gasteiger partial charge in [-0.1, -0.05) is 13.8 Å². The first kappa shape index (κ1) is 11.9. The van der Waals surface area contributed by atoms with Crippen molar-refractivity contribution >= 4 is 0 Å². The second-order valence-corrected chi connectivity index (χ2v) is 4.05. The van der Waals surface area contributed by atoms with E-state index < -0.39 is 37.1 Å². The highest BCUT2D eigenvalue weighted by Crippen LogP contribution is 2.30. The maximum absolute atomic E-state index is 9.68. The molecule has 84 valence electrons. The molecule has 0 aliphatic carbocycles. The Morgan fingerprint density at radius 3 is 2.14 bits per heavy atom. The molecule has 4 N–H and O–H groups in total. The van der Waals surface area contributed by atoms with Crippen molar-refractivity contribution in [3.63, 3.8) is 0 Å². The molecule has 1 rings (SSSR count). The standard InChI is InChI=1S/C9H18O5/c1-4(2)6-8(12)7(11)5(3-10)14-9(6)13/h4-13H,3H2,1-2H3/t5?,6?,7-,8?,9-/m1/s1. The summed E-state index contributed by atoms with van der Waals surface area (Å²) in [6.07, 6.45) is -4.24. The van der Waals surface area contributed by atoms with Crippen LogP contribution in [-0.4, -0.2) is 51.6 Å². The summed E-state index contributed by atoms with van der Waals surface area (Å²) >= 11 is 0. The van der Waals surface area contributed by atoms with E-state index in [0.29, 0.717) is 0 Å². The second kappa shape index (κ2) is 4.55. The molecule has 5 heteroatoms. The molecular formula is C9H18O5. The summed E-state index contributed by atoms with van der Waals surface area (Å²) in [5.74, 6) is -0.526. The van der Waals surface area contributed by atoms with Crippen molar-refractivity contribution in [2.45, 2.75) is 38.4 Å². The second-order valence-electron chi connectivity index (χ2n) is 4.05. The van der Waals surface area contributed by atoms with Gasteiger partial charge in [-0.15, -0.1) is 0 Å². The van der Waals surface area contributed by atoms with Crippen molar-refractivity contribution in [2.75, 3.05) is 6.61 Å². The van der Waals surface area contributed by atoms with E-state index in [4.69, 9.17) is 9.84 Å². The molecule has 0 amide bonds. The van der Waals surface area contributed by atoms with Gasteiger partial charge < -0.3 is 25.2 Å². The van der Waals surface area contributed by atoms with E-state index >= 15 is 0 Å². The zero-order valence-corrected chi connectivity index (χ0v) is 8.37. The van der Waals surface area contributed by atoms with Gasteiger partial charge in [-0.2, -0.15) is 0 Å². The zero-order chi connectivity index (χ0) is 10.9. The molecule has 1 aliphatic rings. The maximum atomic E-state index is 9.68. The normalized spacial score (nSPS) is 44.4. The molecule has 0 aromatic carbocycles. The Labute approximate surface area is 82.9 Å². The predicted octanol–water partition coefficient (Wildman–Crippen LogP) is -1.31. The first-order valence-electron chi connectivity index (χ1n) is 4.79. The number of ether oxygens (including phenoxy) is 1. The molecule has 1 heterocycles. The first-order valence-corrected chi connectivity index (χ1v) is 4.79. The fourth-order valence-corrected chi connectivity index (χ4v) is 1.84. The van der Waals surface area contributed by atoms with E-state index in [1.165, 1.54) is 0 Å². The lowest BCUT2D eigenvalue weighted by molar-refractivity contribution is -0.277. The molecule has 0 bridgehead atoms. The van der Waals surface area contributed by atoms with Gasteiger partial charge in [0.05, 0.1) is 12.7 Å². The van der Waals surface area contributed by atoms with Crippen molar-refractivity contribution in [2.24, 2.45) is 11.8 Å². The van der Waals surface area contributed by atoms with E-state index in [9.17, 15) is 15.3 Å². The molecule has 5 nitrogen and oxygen atoms in total. The summed E-state index contributed by atoms with van der Waals surface area (Å²) < 4.78 is 4.99. The highest BCUT2D eigenvalue weighted by Gasteiger charge is 2.44.